The molecule has 3 N–H and O–H groups in total. The maximum atomic E-state index is 13.0. The van der Waals surface area contributed by atoms with E-state index in [4.69, 9.17) is 37.0 Å². The second kappa shape index (κ2) is 54.5. The number of carbonyl (C=O) groups excluding carboxylic acids is 4. The van der Waals surface area contributed by atoms with Gasteiger partial charge in [-0.25, -0.2) is 9.13 Å². The summed E-state index contributed by atoms with van der Waals surface area (Å²) in [6, 6.07) is 0. The smallest absolute Gasteiger partial charge is 0.462 e. The van der Waals surface area contributed by atoms with Crippen molar-refractivity contribution in [3.8, 4) is 0 Å². The summed E-state index contributed by atoms with van der Waals surface area (Å²) in [6.07, 6.45) is 35.0. The Morgan fingerprint density at radius 1 is 0.354 bits per heavy atom. The number of aliphatic hydroxyl groups is 1. The molecule has 0 aliphatic carbocycles. The van der Waals surface area contributed by atoms with Gasteiger partial charge in [0.2, 0.25) is 0 Å². The van der Waals surface area contributed by atoms with Gasteiger partial charge in [-0.2, -0.15) is 0 Å². The first-order chi connectivity index (χ1) is 39.3. The lowest BCUT2D eigenvalue weighted by atomic mass is 10.00. The van der Waals surface area contributed by atoms with Crippen LogP contribution in [0.2, 0.25) is 0 Å². The Hall–Kier alpha value is -1.94. The van der Waals surface area contributed by atoms with Crippen LogP contribution >= 0.6 is 15.6 Å². The van der Waals surface area contributed by atoms with Crippen LogP contribution in [-0.2, 0) is 65.4 Å². The fourth-order valence-electron chi connectivity index (χ4n) is 9.27. The standard InChI is InChI=1S/C63H122O17P2/c1-8-10-11-12-13-14-15-18-21-30-37-44-60(65)73-50-58(79-62(67)46-39-32-22-19-16-17-20-27-34-41-54(3)4)52-77-81(69,70)75-48-57(64)49-76-82(71,72)78-53-59(51-74-61(66)45-38-31-25-23-28-35-42-55(5)6)80-63(68)47-40-33-26-24-29-36-43-56(7)9-2/h54-59,64H,8-53H2,1-7H3,(H,69,70)(H,71,72)/t56?,57-,58-,59-/m1/s1. The summed E-state index contributed by atoms with van der Waals surface area (Å²) in [4.78, 5) is 72.1. The summed E-state index contributed by atoms with van der Waals surface area (Å²) >= 11 is 0. The molecule has 0 aliphatic heterocycles. The fraction of sp³-hybridized carbons (Fsp3) is 0.937. The maximum absolute atomic E-state index is 13.0. The van der Waals surface area contributed by atoms with E-state index < -0.39 is 97.5 Å². The van der Waals surface area contributed by atoms with Crippen LogP contribution in [-0.4, -0.2) is 96.7 Å². The molecule has 0 radical (unpaired) electrons. The minimum absolute atomic E-state index is 0.101. The van der Waals surface area contributed by atoms with Gasteiger partial charge in [-0.1, -0.05) is 254 Å². The molecule has 0 aromatic rings. The highest BCUT2D eigenvalue weighted by molar-refractivity contribution is 7.47. The van der Waals surface area contributed by atoms with Crippen molar-refractivity contribution in [1.29, 1.82) is 0 Å². The first-order valence-electron chi connectivity index (χ1n) is 32.9. The van der Waals surface area contributed by atoms with Crippen LogP contribution in [0.4, 0.5) is 0 Å². The van der Waals surface area contributed by atoms with Crippen molar-refractivity contribution in [1.82, 2.24) is 0 Å². The summed E-state index contributed by atoms with van der Waals surface area (Å²) in [7, 11) is -9.89. The van der Waals surface area contributed by atoms with Gasteiger partial charge in [-0.3, -0.25) is 37.3 Å². The number of aliphatic hydroxyl groups excluding tert-OH is 1. The second-order valence-corrected chi connectivity index (χ2v) is 26.9. The fourth-order valence-corrected chi connectivity index (χ4v) is 10.9. The van der Waals surface area contributed by atoms with Gasteiger partial charge in [0.15, 0.2) is 12.2 Å². The van der Waals surface area contributed by atoms with Crippen molar-refractivity contribution in [2.45, 2.75) is 324 Å². The van der Waals surface area contributed by atoms with Crippen LogP contribution in [0.15, 0.2) is 0 Å². The first-order valence-corrected chi connectivity index (χ1v) is 35.9. The van der Waals surface area contributed by atoms with Gasteiger partial charge < -0.3 is 33.8 Å². The number of esters is 4. The summed E-state index contributed by atoms with van der Waals surface area (Å²) in [5, 5.41) is 10.5. The molecule has 3 unspecified atom stereocenters. The van der Waals surface area contributed by atoms with E-state index in [0.29, 0.717) is 31.6 Å². The highest BCUT2D eigenvalue weighted by Gasteiger charge is 2.30. The highest BCUT2D eigenvalue weighted by Crippen LogP contribution is 2.45. The highest BCUT2D eigenvalue weighted by atomic mass is 31.2. The predicted octanol–water partition coefficient (Wildman–Crippen LogP) is 17.1. The van der Waals surface area contributed by atoms with E-state index in [0.717, 1.165) is 108 Å². The van der Waals surface area contributed by atoms with Gasteiger partial charge in [-0.15, -0.1) is 0 Å². The van der Waals surface area contributed by atoms with Gasteiger partial charge in [0, 0.05) is 25.7 Å². The van der Waals surface area contributed by atoms with Crippen LogP contribution in [0.25, 0.3) is 0 Å². The molecule has 486 valence electrons. The summed E-state index contributed by atoms with van der Waals surface area (Å²) in [5.74, 6) is -0.00512. The number of rotatable bonds is 61. The largest absolute Gasteiger partial charge is 0.472 e. The third-order valence-corrected chi connectivity index (χ3v) is 16.6. The van der Waals surface area contributed by atoms with Crippen molar-refractivity contribution in [2.75, 3.05) is 39.6 Å². The molecule has 19 heteroatoms. The Kier molecular flexibility index (Phi) is 53.2. The van der Waals surface area contributed by atoms with Crippen LogP contribution in [0.1, 0.15) is 305 Å². The third kappa shape index (κ3) is 55.9. The molecule has 6 atom stereocenters. The monoisotopic (exact) mass is 1210 g/mol. The average Bonchev–Trinajstić information content (AvgIpc) is 3.45. The lowest BCUT2D eigenvalue weighted by Crippen LogP contribution is -2.30. The summed E-state index contributed by atoms with van der Waals surface area (Å²) < 4.78 is 67.9. The zero-order valence-electron chi connectivity index (χ0n) is 52.9. The molecule has 0 bridgehead atoms. The molecule has 0 saturated carbocycles. The number of phosphoric acid groups is 2. The van der Waals surface area contributed by atoms with E-state index in [9.17, 15) is 43.2 Å². The molecular formula is C63H122O17P2. The zero-order valence-corrected chi connectivity index (χ0v) is 54.7. The Balaban J connectivity index is 5.25. The third-order valence-electron chi connectivity index (χ3n) is 14.7. The minimum Gasteiger partial charge on any atom is -0.462 e. The van der Waals surface area contributed by atoms with Crippen LogP contribution in [0.3, 0.4) is 0 Å². The first kappa shape index (κ1) is 80.1. The van der Waals surface area contributed by atoms with Crippen molar-refractivity contribution >= 4 is 39.5 Å². The molecule has 0 spiro atoms. The van der Waals surface area contributed by atoms with E-state index in [-0.39, 0.29) is 25.7 Å². The number of carbonyl (C=O) groups is 4. The van der Waals surface area contributed by atoms with E-state index in [2.05, 4.69) is 48.5 Å². The quantitative estimate of drug-likeness (QED) is 0.0222. The number of phosphoric ester groups is 2. The molecule has 0 amide bonds. The number of hydrogen-bond donors (Lipinski definition) is 3. The predicted molar refractivity (Wildman–Crippen MR) is 326 cm³/mol. The number of hydrogen-bond acceptors (Lipinski definition) is 15. The van der Waals surface area contributed by atoms with Gasteiger partial charge in [0.05, 0.1) is 26.4 Å². The lowest BCUT2D eigenvalue weighted by Gasteiger charge is -2.21. The van der Waals surface area contributed by atoms with E-state index in [1.54, 1.807) is 0 Å². The average molecular weight is 1210 g/mol. The molecule has 0 saturated heterocycles. The van der Waals surface area contributed by atoms with Crippen LogP contribution in [0, 0.1) is 17.8 Å². The summed E-state index contributed by atoms with van der Waals surface area (Å²) in [5.41, 5.74) is 0. The van der Waals surface area contributed by atoms with Gasteiger partial charge in [0.25, 0.3) is 0 Å². The SMILES string of the molecule is CCCCCCCCCCCCCC(=O)OC[C@H](COP(=O)(O)OC[C@@H](O)COP(=O)(O)OC[C@@H](COC(=O)CCCCCCCCC(C)C)OC(=O)CCCCCCCCC(C)CC)OC(=O)CCCCCCCCCCCC(C)C. The van der Waals surface area contributed by atoms with Gasteiger partial charge >= 0.3 is 39.5 Å². The second-order valence-electron chi connectivity index (χ2n) is 24.0. The van der Waals surface area contributed by atoms with Gasteiger partial charge in [0.1, 0.15) is 19.3 Å². The Bertz CT molecular complexity index is 1630. The number of ether oxygens (including phenoxy) is 4. The van der Waals surface area contributed by atoms with E-state index in [1.165, 1.54) is 109 Å². The summed E-state index contributed by atoms with van der Waals surface area (Å²) in [6.45, 7) is 11.6. The molecule has 0 aliphatic rings. The minimum atomic E-state index is -4.94. The molecule has 0 aromatic carbocycles. The molecule has 82 heavy (non-hydrogen) atoms. The number of unbranched alkanes of at least 4 members (excludes halogenated alkanes) is 28. The zero-order chi connectivity index (χ0) is 61.0. The molecule has 0 fully saturated rings. The molecule has 0 heterocycles. The Morgan fingerprint density at radius 2 is 0.622 bits per heavy atom. The van der Waals surface area contributed by atoms with Crippen LogP contribution < -0.4 is 0 Å². The maximum Gasteiger partial charge on any atom is 0.472 e. The molecular weight excluding hydrogens is 1090 g/mol. The molecule has 0 aromatic heterocycles. The van der Waals surface area contributed by atoms with E-state index >= 15 is 0 Å². The van der Waals surface area contributed by atoms with Crippen molar-refractivity contribution in [3.63, 3.8) is 0 Å². The van der Waals surface area contributed by atoms with E-state index in [1.807, 2.05) is 0 Å². The van der Waals surface area contributed by atoms with Crippen LogP contribution in [0.5, 0.6) is 0 Å². The molecule has 0 rings (SSSR count). The van der Waals surface area contributed by atoms with Gasteiger partial charge in [-0.05, 0) is 43.4 Å². The van der Waals surface area contributed by atoms with Crippen molar-refractivity contribution in [3.05, 3.63) is 0 Å². The molecule has 17 nitrogen and oxygen atoms in total. The lowest BCUT2D eigenvalue weighted by molar-refractivity contribution is -0.161. The Morgan fingerprint density at radius 3 is 0.927 bits per heavy atom. The van der Waals surface area contributed by atoms with Crippen molar-refractivity contribution in [2.24, 2.45) is 17.8 Å². The van der Waals surface area contributed by atoms with Crippen molar-refractivity contribution < 1.29 is 80.2 Å². The Labute approximate surface area is 498 Å². The normalized spacial score (nSPS) is 14.7. The topological polar surface area (TPSA) is 237 Å².